The first kappa shape index (κ1) is 19.0. The van der Waals surface area contributed by atoms with Crippen molar-refractivity contribution in [1.82, 2.24) is 4.90 Å². The molecule has 0 aromatic heterocycles. The minimum Gasteiger partial charge on any atom is -0.365 e. The minimum atomic E-state index is -0.423. The van der Waals surface area contributed by atoms with Crippen LogP contribution in [0.2, 0.25) is 5.02 Å². The molecule has 2 aromatic carbocycles. The second kappa shape index (κ2) is 8.26. The molecule has 1 heterocycles. The summed E-state index contributed by atoms with van der Waals surface area (Å²) in [6, 6.07) is 14.4. The second-order valence-corrected chi connectivity index (χ2v) is 6.89. The Morgan fingerprint density at radius 2 is 1.81 bits per heavy atom. The number of nitro groups is 1. The zero-order valence-electron chi connectivity index (χ0n) is 15.0. The van der Waals surface area contributed by atoms with E-state index in [2.05, 4.69) is 0 Å². The van der Waals surface area contributed by atoms with Crippen LogP contribution in [0.3, 0.4) is 0 Å². The number of hydrogen-bond acceptors (Lipinski definition) is 5. The van der Waals surface area contributed by atoms with E-state index in [1.54, 1.807) is 17.0 Å². The molecule has 3 rings (SSSR count). The van der Waals surface area contributed by atoms with E-state index in [1.807, 2.05) is 47.2 Å². The zero-order valence-corrected chi connectivity index (χ0v) is 15.8. The van der Waals surface area contributed by atoms with Gasteiger partial charge in [0.2, 0.25) is 5.91 Å². The molecule has 0 aliphatic carbocycles. The van der Waals surface area contributed by atoms with Crippen LogP contribution in [0.4, 0.5) is 17.1 Å². The number of carbonyl (C=O) groups excluding carboxylic acids is 1. The standard InChI is InChI=1S/C19H21ClN4O3/c1-21(16-5-3-2-4-6-16)14-19(25)23-11-9-22(10-12-23)17-8-7-15(20)13-18(17)24(26)27/h2-8,13H,9-12,14H2,1H3. The van der Waals surface area contributed by atoms with Crippen molar-refractivity contribution >= 4 is 34.6 Å². The Kier molecular flexibility index (Phi) is 5.81. The highest BCUT2D eigenvalue weighted by molar-refractivity contribution is 6.30. The molecule has 0 unspecified atom stereocenters. The molecule has 2 aromatic rings. The highest BCUT2D eigenvalue weighted by Crippen LogP contribution is 2.31. The van der Waals surface area contributed by atoms with E-state index < -0.39 is 4.92 Å². The summed E-state index contributed by atoms with van der Waals surface area (Å²) in [5.74, 6) is 0.0478. The van der Waals surface area contributed by atoms with Gasteiger partial charge in [-0.25, -0.2) is 0 Å². The van der Waals surface area contributed by atoms with Gasteiger partial charge in [-0.3, -0.25) is 14.9 Å². The maximum absolute atomic E-state index is 12.6. The number of hydrogen-bond donors (Lipinski definition) is 0. The summed E-state index contributed by atoms with van der Waals surface area (Å²) in [5.41, 5.74) is 1.52. The average molecular weight is 389 g/mol. The number of anilines is 2. The highest BCUT2D eigenvalue weighted by Gasteiger charge is 2.26. The zero-order chi connectivity index (χ0) is 19.4. The summed E-state index contributed by atoms with van der Waals surface area (Å²) >= 11 is 5.88. The van der Waals surface area contributed by atoms with Crippen LogP contribution in [0.25, 0.3) is 0 Å². The van der Waals surface area contributed by atoms with Gasteiger partial charge in [0.1, 0.15) is 5.69 Å². The lowest BCUT2D eigenvalue weighted by molar-refractivity contribution is -0.384. The number of likely N-dealkylation sites (N-methyl/N-ethyl adjacent to an activating group) is 1. The Hall–Kier alpha value is -2.80. The monoisotopic (exact) mass is 388 g/mol. The SMILES string of the molecule is CN(CC(=O)N1CCN(c2ccc(Cl)cc2[N+](=O)[O-])CC1)c1ccccc1. The Bertz CT molecular complexity index is 823. The van der Waals surface area contributed by atoms with Crippen LogP contribution >= 0.6 is 11.6 Å². The Morgan fingerprint density at radius 3 is 2.44 bits per heavy atom. The summed E-state index contributed by atoms with van der Waals surface area (Å²) in [6.07, 6.45) is 0. The highest BCUT2D eigenvalue weighted by atomic mass is 35.5. The molecule has 0 spiro atoms. The van der Waals surface area contributed by atoms with Gasteiger partial charge in [0, 0.05) is 50.0 Å². The van der Waals surface area contributed by atoms with Crippen LogP contribution in [0, 0.1) is 10.1 Å². The quantitative estimate of drug-likeness (QED) is 0.581. The number of halogens is 1. The predicted octanol–water partition coefficient (Wildman–Crippen LogP) is 3.03. The van der Waals surface area contributed by atoms with E-state index in [4.69, 9.17) is 11.6 Å². The van der Waals surface area contributed by atoms with Crippen molar-refractivity contribution in [2.24, 2.45) is 0 Å². The lowest BCUT2D eigenvalue weighted by atomic mass is 10.2. The fraction of sp³-hybridized carbons (Fsp3) is 0.316. The molecule has 1 aliphatic rings. The second-order valence-electron chi connectivity index (χ2n) is 6.45. The average Bonchev–Trinajstić information content (AvgIpc) is 2.68. The summed E-state index contributed by atoms with van der Waals surface area (Å²) in [5, 5.41) is 11.6. The molecule has 8 heteroatoms. The van der Waals surface area contributed by atoms with E-state index in [0.29, 0.717) is 43.4 Å². The van der Waals surface area contributed by atoms with Crippen molar-refractivity contribution in [2.45, 2.75) is 0 Å². The Balaban J connectivity index is 1.61. The first-order valence-electron chi connectivity index (χ1n) is 8.68. The van der Waals surface area contributed by atoms with Gasteiger partial charge >= 0.3 is 0 Å². The molecule has 1 aliphatic heterocycles. The van der Waals surface area contributed by atoms with Gasteiger partial charge in [-0.05, 0) is 24.3 Å². The third kappa shape index (κ3) is 4.49. The van der Waals surface area contributed by atoms with Crippen molar-refractivity contribution in [3.8, 4) is 0 Å². The van der Waals surface area contributed by atoms with Gasteiger partial charge < -0.3 is 14.7 Å². The molecule has 1 fully saturated rings. The normalized spacial score (nSPS) is 14.1. The van der Waals surface area contributed by atoms with Crippen LogP contribution in [0.1, 0.15) is 0 Å². The number of para-hydroxylation sites is 1. The van der Waals surface area contributed by atoms with Crippen LogP contribution in [0.15, 0.2) is 48.5 Å². The molecule has 0 radical (unpaired) electrons. The van der Waals surface area contributed by atoms with Gasteiger partial charge in [-0.15, -0.1) is 0 Å². The van der Waals surface area contributed by atoms with Crippen LogP contribution in [0.5, 0.6) is 0 Å². The van der Waals surface area contributed by atoms with Gasteiger partial charge in [-0.2, -0.15) is 0 Å². The van der Waals surface area contributed by atoms with Gasteiger partial charge in [-0.1, -0.05) is 29.8 Å². The lowest BCUT2D eigenvalue weighted by Crippen LogP contribution is -2.51. The van der Waals surface area contributed by atoms with Crippen molar-refractivity contribution in [3.63, 3.8) is 0 Å². The third-order valence-electron chi connectivity index (χ3n) is 4.68. The van der Waals surface area contributed by atoms with Gasteiger partial charge in [0.05, 0.1) is 11.5 Å². The van der Waals surface area contributed by atoms with Crippen molar-refractivity contribution in [1.29, 1.82) is 0 Å². The molecule has 0 saturated carbocycles. The maximum atomic E-state index is 12.6. The van der Waals surface area contributed by atoms with Crippen LogP contribution in [-0.2, 0) is 4.79 Å². The van der Waals surface area contributed by atoms with Crippen LogP contribution in [-0.4, -0.2) is 55.5 Å². The topological polar surface area (TPSA) is 69.9 Å². The lowest BCUT2D eigenvalue weighted by Gasteiger charge is -2.36. The largest absolute Gasteiger partial charge is 0.365 e. The molecule has 1 saturated heterocycles. The predicted molar refractivity (Wildman–Crippen MR) is 107 cm³/mol. The van der Waals surface area contributed by atoms with Gasteiger partial charge in [0.25, 0.3) is 5.69 Å². The molecule has 0 bridgehead atoms. The number of amides is 1. The number of benzene rings is 2. The Labute approximate surface area is 162 Å². The van der Waals surface area contributed by atoms with E-state index in [0.717, 1.165) is 5.69 Å². The molecular formula is C19H21ClN4O3. The maximum Gasteiger partial charge on any atom is 0.294 e. The molecule has 0 N–H and O–H groups in total. The van der Waals surface area contributed by atoms with E-state index in [9.17, 15) is 14.9 Å². The summed E-state index contributed by atoms with van der Waals surface area (Å²) in [7, 11) is 1.89. The van der Waals surface area contributed by atoms with Crippen molar-refractivity contribution in [3.05, 3.63) is 63.7 Å². The molecule has 27 heavy (non-hydrogen) atoms. The smallest absolute Gasteiger partial charge is 0.294 e. The summed E-state index contributed by atoms with van der Waals surface area (Å²) in [6.45, 7) is 2.44. The molecule has 142 valence electrons. The number of nitro benzene ring substituents is 1. The number of nitrogens with zero attached hydrogens (tertiary/aromatic N) is 4. The Morgan fingerprint density at radius 1 is 1.15 bits per heavy atom. The third-order valence-corrected chi connectivity index (χ3v) is 4.91. The number of rotatable bonds is 5. The summed E-state index contributed by atoms with van der Waals surface area (Å²) in [4.78, 5) is 29.1. The molecule has 7 nitrogen and oxygen atoms in total. The van der Waals surface area contributed by atoms with Crippen molar-refractivity contribution in [2.75, 3.05) is 49.6 Å². The number of piperazine rings is 1. The van der Waals surface area contributed by atoms with Gasteiger partial charge in [0.15, 0.2) is 0 Å². The van der Waals surface area contributed by atoms with E-state index >= 15 is 0 Å². The first-order valence-corrected chi connectivity index (χ1v) is 9.06. The fourth-order valence-corrected chi connectivity index (χ4v) is 3.35. The first-order chi connectivity index (χ1) is 13.0. The molecular weight excluding hydrogens is 368 g/mol. The number of carbonyl (C=O) groups is 1. The van der Waals surface area contributed by atoms with E-state index in [1.165, 1.54) is 6.07 Å². The van der Waals surface area contributed by atoms with E-state index in [-0.39, 0.29) is 11.6 Å². The minimum absolute atomic E-state index is 0.00825. The van der Waals surface area contributed by atoms with Crippen molar-refractivity contribution < 1.29 is 9.72 Å². The van der Waals surface area contributed by atoms with Crippen LogP contribution < -0.4 is 9.80 Å². The molecule has 0 atom stereocenters. The fourth-order valence-electron chi connectivity index (χ4n) is 3.18. The molecule has 1 amide bonds. The summed E-state index contributed by atoms with van der Waals surface area (Å²) < 4.78 is 0.